The first kappa shape index (κ1) is 22.9. The molecule has 1 aromatic rings. The Labute approximate surface area is 184 Å². The van der Waals surface area contributed by atoms with Crippen LogP contribution in [0, 0.1) is 0 Å². The molecule has 1 aliphatic heterocycles. The Kier molecular flexibility index (Phi) is 8.84. The van der Waals surface area contributed by atoms with Crippen LogP contribution in [0.2, 0.25) is 0 Å². The van der Waals surface area contributed by atoms with Crippen molar-refractivity contribution in [3.8, 4) is 0 Å². The van der Waals surface area contributed by atoms with E-state index in [9.17, 15) is 4.79 Å². The number of benzene rings is 1. The molecule has 0 aromatic heterocycles. The molecule has 1 aliphatic carbocycles. The smallest absolute Gasteiger partial charge is 0.243 e. The Bertz CT molecular complexity index is 693. The molecule has 1 saturated heterocycles. The minimum Gasteiger partial charge on any atom is -0.356 e. The number of amides is 1. The molecular formula is C22H34N4O3S. The summed E-state index contributed by atoms with van der Waals surface area (Å²) in [6.07, 6.45) is 5.56. The molecule has 1 aromatic carbocycles. The maximum atomic E-state index is 11.9. The highest BCUT2D eigenvalue weighted by Gasteiger charge is 2.42. The van der Waals surface area contributed by atoms with E-state index in [1.165, 1.54) is 24.2 Å². The molecule has 166 valence electrons. The summed E-state index contributed by atoms with van der Waals surface area (Å²) in [5.41, 5.74) is 0. The lowest BCUT2D eigenvalue weighted by Crippen LogP contribution is -2.44. The number of rotatable bonds is 8. The van der Waals surface area contributed by atoms with Crippen molar-refractivity contribution in [1.29, 1.82) is 0 Å². The number of hydrogen-bond donors (Lipinski definition) is 2. The highest BCUT2D eigenvalue weighted by atomic mass is 32.2. The third kappa shape index (κ3) is 7.18. The Hall–Kier alpha value is -1.77. The Balaban J connectivity index is 1.46. The molecule has 7 nitrogen and oxygen atoms in total. The average Bonchev–Trinajstić information content (AvgIpc) is 3.15. The average molecular weight is 435 g/mol. The Morgan fingerprint density at radius 2 is 1.97 bits per heavy atom. The lowest BCUT2D eigenvalue weighted by Gasteiger charge is -2.31. The first-order valence-corrected chi connectivity index (χ1v) is 11.8. The molecule has 1 unspecified atom stereocenters. The van der Waals surface area contributed by atoms with E-state index >= 15 is 0 Å². The van der Waals surface area contributed by atoms with Gasteiger partial charge in [0.1, 0.15) is 12.6 Å². The van der Waals surface area contributed by atoms with E-state index in [0.29, 0.717) is 19.1 Å². The number of thioether (sulfide) groups is 1. The number of nitrogens with one attached hydrogen (secondary N) is 2. The second-order valence-corrected chi connectivity index (χ2v) is 9.11. The minimum absolute atomic E-state index is 0.00153. The zero-order valence-corrected chi connectivity index (χ0v) is 18.9. The molecular weight excluding hydrogens is 400 g/mol. The first-order valence-electron chi connectivity index (χ1n) is 10.8. The Morgan fingerprint density at radius 3 is 2.70 bits per heavy atom. The van der Waals surface area contributed by atoms with Gasteiger partial charge in [0.15, 0.2) is 11.7 Å². The van der Waals surface area contributed by atoms with Crippen molar-refractivity contribution in [3.05, 3.63) is 30.3 Å². The van der Waals surface area contributed by atoms with Crippen LogP contribution in [-0.2, 0) is 14.3 Å². The molecule has 1 heterocycles. The zero-order chi connectivity index (χ0) is 21.2. The molecule has 2 fully saturated rings. The summed E-state index contributed by atoms with van der Waals surface area (Å²) in [6, 6.07) is 10.3. The van der Waals surface area contributed by atoms with Gasteiger partial charge in [0.25, 0.3) is 0 Å². The van der Waals surface area contributed by atoms with Crippen molar-refractivity contribution in [2.75, 3.05) is 46.1 Å². The van der Waals surface area contributed by atoms with E-state index in [2.05, 4.69) is 27.8 Å². The molecule has 30 heavy (non-hydrogen) atoms. The van der Waals surface area contributed by atoms with Crippen molar-refractivity contribution >= 4 is 23.6 Å². The summed E-state index contributed by atoms with van der Waals surface area (Å²) in [4.78, 5) is 19.2. The van der Waals surface area contributed by atoms with E-state index in [1.54, 1.807) is 30.8 Å². The van der Waals surface area contributed by atoms with Crippen molar-refractivity contribution in [1.82, 2.24) is 15.5 Å². The van der Waals surface area contributed by atoms with Gasteiger partial charge in [-0.05, 0) is 25.0 Å². The van der Waals surface area contributed by atoms with Crippen molar-refractivity contribution < 1.29 is 14.3 Å². The molecule has 1 amide bonds. The largest absolute Gasteiger partial charge is 0.356 e. The number of carbonyl (C=O) groups is 1. The van der Waals surface area contributed by atoms with Gasteiger partial charge in [-0.1, -0.05) is 24.6 Å². The normalized spacial score (nSPS) is 20.9. The molecule has 3 rings (SSSR count). The number of guanidine groups is 1. The van der Waals surface area contributed by atoms with E-state index in [1.807, 2.05) is 18.2 Å². The summed E-state index contributed by atoms with van der Waals surface area (Å²) in [7, 11) is 3.48. The van der Waals surface area contributed by atoms with Crippen LogP contribution in [0.3, 0.4) is 0 Å². The number of aliphatic imine (C=N–C) groups is 1. The SMILES string of the molecule is CN(C)C(=O)CN=C(NCCSc1ccccc1)NCC1COC2(CCCCC2)O1. The molecule has 0 radical (unpaired) electrons. The van der Waals surface area contributed by atoms with E-state index < -0.39 is 0 Å². The third-order valence-corrected chi connectivity index (χ3v) is 6.32. The van der Waals surface area contributed by atoms with Crippen LogP contribution in [0.15, 0.2) is 40.2 Å². The van der Waals surface area contributed by atoms with Gasteiger partial charge in [0, 0.05) is 50.7 Å². The van der Waals surface area contributed by atoms with Gasteiger partial charge < -0.3 is 25.0 Å². The molecule has 1 atom stereocenters. The van der Waals surface area contributed by atoms with Crippen LogP contribution in [0.5, 0.6) is 0 Å². The summed E-state index contributed by atoms with van der Waals surface area (Å²) < 4.78 is 12.3. The second-order valence-electron chi connectivity index (χ2n) is 7.94. The molecule has 0 bridgehead atoms. The van der Waals surface area contributed by atoms with Crippen molar-refractivity contribution in [2.45, 2.75) is 48.9 Å². The van der Waals surface area contributed by atoms with Gasteiger partial charge in [0.05, 0.1) is 6.61 Å². The quantitative estimate of drug-likeness (QED) is 0.283. The summed E-state index contributed by atoms with van der Waals surface area (Å²) in [5.74, 6) is 1.13. The summed E-state index contributed by atoms with van der Waals surface area (Å²) >= 11 is 1.78. The number of likely N-dealkylation sites (N-methyl/N-ethyl adjacent to an activating group) is 1. The molecule has 2 N–H and O–H groups in total. The van der Waals surface area contributed by atoms with Gasteiger partial charge in [-0.2, -0.15) is 0 Å². The molecule has 1 spiro atoms. The third-order valence-electron chi connectivity index (χ3n) is 5.30. The molecule has 1 saturated carbocycles. The maximum absolute atomic E-state index is 11.9. The fraction of sp³-hybridized carbons (Fsp3) is 0.636. The number of carbonyl (C=O) groups excluding carboxylic acids is 1. The van der Waals surface area contributed by atoms with Crippen molar-refractivity contribution in [3.63, 3.8) is 0 Å². The lowest BCUT2D eigenvalue weighted by molar-refractivity contribution is -0.186. The van der Waals surface area contributed by atoms with Gasteiger partial charge in [0.2, 0.25) is 5.91 Å². The van der Waals surface area contributed by atoms with Crippen molar-refractivity contribution in [2.24, 2.45) is 4.99 Å². The van der Waals surface area contributed by atoms with Gasteiger partial charge in [-0.15, -0.1) is 11.8 Å². The van der Waals surface area contributed by atoms with Crippen LogP contribution in [0.1, 0.15) is 32.1 Å². The Morgan fingerprint density at radius 1 is 1.20 bits per heavy atom. The van der Waals surface area contributed by atoms with Crippen LogP contribution in [-0.4, -0.2) is 74.7 Å². The first-order chi connectivity index (χ1) is 14.6. The number of nitrogens with zero attached hydrogens (tertiary/aromatic N) is 2. The fourth-order valence-corrected chi connectivity index (χ4v) is 4.39. The van der Waals surface area contributed by atoms with Gasteiger partial charge in [-0.25, -0.2) is 4.99 Å². The van der Waals surface area contributed by atoms with Crippen LogP contribution in [0.4, 0.5) is 0 Å². The summed E-state index contributed by atoms with van der Waals surface area (Å²) in [6.45, 7) is 2.06. The van der Waals surface area contributed by atoms with Crippen LogP contribution < -0.4 is 10.6 Å². The fourth-order valence-electron chi connectivity index (χ4n) is 3.60. The summed E-state index contributed by atoms with van der Waals surface area (Å²) in [5, 5.41) is 6.66. The monoisotopic (exact) mass is 434 g/mol. The molecule has 8 heteroatoms. The maximum Gasteiger partial charge on any atom is 0.243 e. The van der Waals surface area contributed by atoms with Gasteiger partial charge >= 0.3 is 0 Å². The minimum atomic E-state index is -0.372. The lowest BCUT2D eigenvalue weighted by atomic mass is 9.94. The standard InChI is InChI=1S/C22H34N4O3S/c1-26(2)20(27)16-25-21(23-13-14-30-19-9-5-3-6-10-19)24-15-18-17-28-22(29-18)11-7-4-8-12-22/h3,5-6,9-10,18H,4,7-8,11-17H2,1-2H3,(H2,23,24,25). The predicted molar refractivity (Wildman–Crippen MR) is 121 cm³/mol. The predicted octanol–water partition coefficient (Wildman–Crippen LogP) is 2.48. The van der Waals surface area contributed by atoms with E-state index in [0.717, 1.165) is 25.1 Å². The number of ether oxygens (including phenoxy) is 2. The second kappa shape index (κ2) is 11.6. The van der Waals surface area contributed by atoms with Gasteiger partial charge in [-0.3, -0.25) is 4.79 Å². The van der Waals surface area contributed by atoms with E-state index in [-0.39, 0.29) is 24.3 Å². The molecule has 2 aliphatic rings. The zero-order valence-electron chi connectivity index (χ0n) is 18.1. The number of hydrogen-bond acceptors (Lipinski definition) is 5. The topological polar surface area (TPSA) is 75.2 Å². The highest BCUT2D eigenvalue weighted by Crippen LogP contribution is 2.37. The highest BCUT2D eigenvalue weighted by molar-refractivity contribution is 7.99. The van der Waals surface area contributed by atoms with E-state index in [4.69, 9.17) is 9.47 Å². The van der Waals surface area contributed by atoms with Crippen LogP contribution >= 0.6 is 11.8 Å². The van der Waals surface area contributed by atoms with Crippen LogP contribution in [0.25, 0.3) is 0 Å².